The van der Waals surface area contributed by atoms with Crippen LogP contribution in [-0.2, 0) is 0 Å². The lowest BCUT2D eigenvalue weighted by atomic mass is 10.0. The third kappa shape index (κ3) is 4.80. The standard InChI is InChI=1S/C18H31N3/c1-4-19-18(16-9-7-6-8-10-16)15-20(3)17-11-13-21(5-2)14-12-17/h6-10,17-19H,4-5,11-15H2,1-3H3. The van der Waals surface area contributed by atoms with Crippen LogP contribution < -0.4 is 5.32 Å². The molecule has 3 heteroatoms. The van der Waals surface area contributed by atoms with Crippen LogP contribution >= 0.6 is 0 Å². The summed E-state index contributed by atoms with van der Waals surface area (Å²) in [6.45, 7) is 10.3. The smallest absolute Gasteiger partial charge is 0.0449 e. The highest BCUT2D eigenvalue weighted by Gasteiger charge is 2.23. The molecule has 0 radical (unpaired) electrons. The van der Waals surface area contributed by atoms with Crippen LogP contribution in [0.3, 0.4) is 0 Å². The molecule has 1 aromatic carbocycles. The average Bonchev–Trinajstić information content (AvgIpc) is 2.55. The van der Waals surface area contributed by atoms with Gasteiger partial charge in [0.1, 0.15) is 0 Å². The molecule has 1 unspecified atom stereocenters. The number of likely N-dealkylation sites (tertiary alicyclic amines) is 1. The monoisotopic (exact) mass is 289 g/mol. The topological polar surface area (TPSA) is 18.5 Å². The van der Waals surface area contributed by atoms with Gasteiger partial charge in [0.2, 0.25) is 0 Å². The number of likely N-dealkylation sites (N-methyl/N-ethyl adjacent to an activating group) is 2. The largest absolute Gasteiger partial charge is 0.309 e. The van der Waals surface area contributed by atoms with Gasteiger partial charge in [-0.05, 0) is 51.6 Å². The van der Waals surface area contributed by atoms with Gasteiger partial charge in [-0.2, -0.15) is 0 Å². The quantitative estimate of drug-likeness (QED) is 0.833. The number of nitrogens with one attached hydrogen (secondary N) is 1. The van der Waals surface area contributed by atoms with E-state index in [2.05, 4.69) is 66.3 Å². The molecule has 0 amide bonds. The molecule has 1 aliphatic rings. The van der Waals surface area contributed by atoms with Gasteiger partial charge >= 0.3 is 0 Å². The zero-order chi connectivity index (χ0) is 15.1. The van der Waals surface area contributed by atoms with E-state index in [9.17, 15) is 0 Å². The Morgan fingerprint density at radius 1 is 1.19 bits per heavy atom. The molecule has 3 nitrogen and oxygen atoms in total. The summed E-state index contributed by atoms with van der Waals surface area (Å²) in [5.41, 5.74) is 1.40. The second kappa shape index (κ2) is 8.52. The Bertz CT molecular complexity index is 385. The highest BCUT2D eigenvalue weighted by atomic mass is 15.2. The lowest BCUT2D eigenvalue weighted by Crippen LogP contribution is -2.45. The zero-order valence-corrected chi connectivity index (χ0v) is 13.9. The molecule has 1 aromatic rings. The van der Waals surface area contributed by atoms with Gasteiger partial charge in [0, 0.05) is 18.6 Å². The van der Waals surface area contributed by atoms with Gasteiger partial charge < -0.3 is 15.1 Å². The molecule has 1 atom stereocenters. The Balaban J connectivity index is 1.91. The van der Waals surface area contributed by atoms with Crippen molar-refractivity contribution in [2.75, 3.05) is 39.8 Å². The third-order valence-electron chi connectivity index (χ3n) is 4.75. The average molecular weight is 289 g/mol. The molecule has 21 heavy (non-hydrogen) atoms. The predicted molar refractivity (Wildman–Crippen MR) is 90.6 cm³/mol. The van der Waals surface area contributed by atoms with Crippen LogP contribution in [0.2, 0.25) is 0 Å². The molecule has 1 N–H and O–H groups in total. The molecule has 0 saturated carbocycles. The maximum atomic E-state index is 3.64. The molecule has 0 bridgehead atoms. The fourth-order valence-corrected chi connectivity index (χ4v) is 3.33. The van der Waals surface area contributed by atoms with Crippen molar-refractivity contribution in [1.82, 2.24) is 15.1 Å². The fourth-order valence-electron chi connectivity index (χ4n) is 3.33. The molecule has 1 saturated heterocycles. The van der Waals surface area contributed by atoms with Crippen LogP contribution in [0.4, 0.5) is 0 Å². The normalized spacial score (nSPS) is 19.0. The molecule has 0 aromatic heterocycles. The van der Waals surface area contributed by atoms with Crippen molar-refractivity contribution < 1.29 is 0 Å². The van der Waals surface area contributed by atoms with Gasteiger partial charge in [0.15, 0.2) is 0 Å². The van der Waals surface area contributed by atoms with Crippen LogP contribution in [-0.4, -0.2) is 55.6 Å². The number of hydrogen-bond acceptors (Lipinski definition) is 3. The predicted octanol–water partition coefficient (Wildman–Crippen LogP) is 2.75. The minimum absolute atomic E-state index is 0.436. The zero-order valence-electron chi connectivity index (χ0n) is 13.9. The molecule has 0 spiro atoms. The molecule has 1 heterocycles. The van der Waals surface area contributed by atoms with Crippen LogP contribution in [0.25, 0.3) is 0 Å². The van der Waals surface area contributed by atoms with E-state index in [1.165, 1.54) is 38.0 Å². The van der Waals surface area contributed by atoms with Gasteiger partial charge in [-0.15, -0.1) is 0 Å². The Kier molecular flexibility index (Phi) is 6.68. The highest BCUT2D eigenvalue weighted by Crippen LogP contribution is 2.19. The number of benzene rings is 1. The Morgan fingerprint density at radius 2 is 1.86 bits per heavy atom. The summed E-state index contributed by atoms with van der Waals surface area (Å²) in [7, 11) is 2.29. The van der Waals surface area contributed by atoms with Gasteiger partial charge in [0.05, 0.1) is 0 Å². The lowest BCUT2D eigenvalue weighted by molar-refractivity contribution is 0.123. The van der Waals surface area contributed by atoms with Crippen LogP contribution in [0.1, 0.15) is 38.3 Å². The molecular formula is C18H31N3. The minimum atomic E-state index is 0.436. The number of hydrogen-bond donors (Lipinski definition) is 1. The van der Waals surface area contributed by atoms with E-state index in [-0.39, 0.29) is 0 Å². The Labute approximate surface area is 130 Å². The van der Waals surface area contributed by atoms with E-state index in [0.29, 0.717) is 6.04 Å². The van der Waals surface area contributed by atoms with Crippen LogP contribution in [0, 0.1) is 0 Å². The van der Waals surface area contributed by atoms with E-state index >= 15 is 0 Å². The first-order chi connectivity index (χ1) is 10.2. The van der Waals surface area contributed by atoms with Crippen molar-refractivity contribution in [2.45, 2.75) is 38.8 Å². The first-order valence-electron chi connectivity index (χ1n) is 8.45. The van der Waals surface area contributed by atoms with Gasteiger partial charge in [0.25, 0.3) is 0 Å². The highest BCUT2D eigenvalue weighted by molar-refractivity contribution is 5.19. The summed E-state index contributed by atoms with van der Waals surface area (Å²) in [6, 6.07) is 12.0. The van der Waals surface area contributed by atoms with E-state index in [1.807, 2.05) is 0 Å². The summed E-state index contributed by atoms with van der Waals surface area (Å²) in [4.78, 5) is 5.12. The van der Waals surface area contributed by atoms with Crippen molar-refractivity contribution in [1.29, 1.82) is 0 Å². The second-order valence-electron chi connectivity index (χ2n) is 6.13. The van der Waals surface area contributed by atoms with Crippen molar-refractivity contribution in [3.63, 3.8) is 0 Å². The minimum Gasteiger partial charge on any atom is -0.309 e. The summed E-state index contributed by atoms with van der Waals surface area (Å²) in [5, 5.41) is 3.64. The molecule has 1 aliphatic heterocycles. The van der Waals surface area contributed by atoms with E-state index in [4.69, 9.17) is 0 Å². The van der Waals surface area contributed by atoms with Crippen molar-refractivity contribution in [3.05, 3.63) is 35.9 Å². The summed E-state index contributed by atoms with van der Waals surface area (Å²) in [5.74, 6) is 0. The number of piperidine rings is 1. The van der Waals surface area contributed by atoms with E-state index in [0.717, 1.165) is 19.1 Å². The molecule has 1 fully saturated rings. The maximum absolute atomic E-state index is 3.64. The van der Waals surface area contributed by atoms with E-state index in [1.54, 1.807) is 0 Å². The maximum Gasteiger partial charge on any atom is 0.0449 e. The van der Waals surface area contributed by atoms with Gasteiger partial charge in [-0.1, -0.05) is 44.2 Å². The van der Waals surface area contributed by atoms with Crippen molar-refractivity contribution in [2.24, 2.45) is 0 Å². The van der Waals surface area contributed by atoms with Crippen molar-refractivity contribution >= 4 is 0 Å². The third-order valence-corrected chi connectivity index (χ3v) is 4.75. The van der Waals surface area contributed by atoms with Crippen molar-refractivity contribution in [3.8, 4) is 0 Å². The first-order valence-corrected chi connectivity index (χ1v) is 8.45. The molecular weight excluding hydrogens is 258 g/mol. The molecule has 2 rings (SSSR count). The van der Waals surface area contributed by atoms with Gasteiger partial charge in [-0.25, -0.2) is 0 Å². The Hall–Kier alpha value is -0.900. The molecule has 118 valence electrons. The van der Waals surface area contributed by atoms with Gasteiger partial charge in [-0.3, -0.25) is 0 Å². The number of nitrogens with zero attached hydrogens (tertiary/aromatic N) is 2. The summed E-state index contributed by atoms with van der Waals surface area (Å²) in [6.07, 6.45) is 2.61. The van der Waals surface area contributed by atoms with Crippen LogP contribution in [0.15, 0.2) is 30.3 Å². The fraction of sp³-hybridized carbons (Fsp3) is 0.667. The second-order valence-corrected chi connectivity index (χ2v) is 6.13. The van der Waals surface area contributed by atoms with Crippen LogP contribution in [0.5, 0.6) is 0 Å². The first kappa shape index (κ1) is 16.5. The Morgan fingerprint density at radius 3 is 2.43 bits per heavy atom. The SMILES string of the molecule is CCNC(CN(C)C1CCN(CC)CC1)c1ccccc1. The molecule has 0 aliphatic carbocycles. The summed E-state index contributed by atoms with van der Waals surface area (Å²) >= 11 is 0. The lowest BCUT2D eigenvalue weighted by Gasteiger charge is -2.38. The number of rotatable bonds is 7. The van der Waals surface area contributed by atoms with E-state index < -0.39 is 0 Å². The summed E-state index contributed by atoms with van der Waals surface area (Å²) < 4.78 is 0.